The Labute approximate surface area is 165 Å². The first-order chi connectivity index (χ1) is 13.8. The van der Waals surface area contributed by atoms with E-state index in [1.54, 1.807) is 14.2 Å². The van der Waals surface area contributed by atoms with E-state index in [2.05, 4.69) is 72.8 Å². The summed E-state index contributed by atoms with van der Waals surface area (Å²) in [5.41, 5.74) is 2.33. The average Bonchev–Trinajstić information content (AvgIpc) is 2.76. The van der Waals surface area contributed by atoms with Crippen LogP contribution in [0.3, 0.4) is 0 Å². The van der Waals surface area contributed by atoms with Gasteiger partial charge in [0.25, 0.3) is 0 Å². The molecular weight excluding hydrogens is 344 g/mol. The topological polar surface area (TPSA) is 18.5 Å². The largest absolute Gasteiger partial charge is 0.496 e. The third kappa shape index (κ3) is 3.37. The van der Waals surface area contributed by atoms with Gasteiger partial charge in [0.15, 0.2) is 0 Å². The summed E-state index contributed by atoms with van der Waals surface area (Å²) in [5, 5.41) is 4.61. The molecular formula is C26H22O2. The van der Waals surface area contributed by atoms with Crippen molar-refractivity contribution < 1.29 is 9.47 Å². The first-order valence-corrected chi connectivity index (χ1v) is 9.28. The van der Waals surface area contributed by atoms with Crippen LogP contribution in [0, 0.1) is 0 Å². The minimum atomic E-state index is 0.896. The number of fused-ring (bicyclic) bond motifs is 2. The molecule has 2 nitrogen and oxygen atoms in total. The second-order valence-corrected chi connectivity index (χ2v) is 6.52. The predicted octanol–water partition coefficient (Wildman–Crippen LogP) is 6.74. The van der Waals surface area contributed by atoms with E-state index < -0.39 is 0 Å². The van der Waals surface area contributed by atoms with Gasteiger partial charge in [-0.05, 0) is 34.0 Å². The summed E-state index contributed by atoms with van der Waals surface area (Å²) in [6.07, 6.45) is 8.41. The van der Waals surface area contributed by atoms with Crippen molar-refractivity contribution in [1.82, 2.24) is 0 Å². The van der Waals surface area contributed by atoms with Gasteiger partial charge < -0.3 is 9.47 Å². The van der Waals surface area contributed by atoms with Gasteiger partial charge in [-0.1, -0.05) is 85.0 Å². The Morgan fingerprint density at radius 2 is 0.893 bits per heavy atom. The van der Waals surface area contributed by atoms with Crippen molar-refractivity contribution in [1.29, 1.82) is 0 Å². The van der Waals surface area contributed by atoms with E-state index in [0.29, 0.717) is 0 Å². The molecule has 0 unspecified atom stereocenters. The molecule has 0 aliphatic rings. The summed E-state index contributed by atoms with van der Waals surface area (Å²) >= 11 is 0. The molecule has 4 rings (SSSR count). The number of hydrogen-bond donors (Lipinski definition) is 0. The highest BCUT2D eigenvalue weighted by Crippen LogP contribution is 2.30. The zero-order valence-corrected chi connectivity index (χ0v) is 16.1. The summed E-state index contributed by atoms with van der Waals surface area (Å²) in [5.74, 6) is 1.79. The number of ether oxygens (including phenoxy) is 2. The van der Waals surface area contributed by atoms with Crippen LogP contribution in [0.4, 0.5) is 0 Å². The van der Waals surface area contributed by atoms with Crippen molar-refractivity contribution in [3.05, 3.63) is 96.1 Å². The van der Waals surface area contributed by atoms with Crippen molar-refractivity contribution >= 4 is 33.7 Å². The third-order valence-electron chi connectivity index (χ3n) is 4.94. The SMILES string of the molecule is COc1ccc(/C=C/C=C/c2ccc(OC)c3ccccc23)c2ccccc12. The zero-order valence-electron chi connectivity index (χ0n) is 16.1. The molecule has 0 saturated heterocycles. The van der Waals surface area contributed by atoms with Crippen molar-refractivity contribution in [2.45, 2.75) is 0 Å². The van der Waals surface area contributed by atoms with E-state index >= 15 is 0 Å². The fourth-order valence-corrected chi connectivity index (χ4v) is 3.55. The Balaban J connectivity index is 1.66. The van der Waals surface area contributed by atoms with Gasteiger partial charge in [0.1, 0.15) is 11.5 Å². The standard InChI is InChI=1S/C26H22O2/c1-27-25-17-15-19(21-11-5-7-13-23(21)25)9-3-4-10-20-16-18-26(28-2)24-14-8-6-12-22(20)24/h3-18H,1-2H3/b9-3+,10-4+. The molecule has 4 aromatic carbocycles. The second kappa shape index (κ2) is 8.01. The van der Waals surface area contributed by atoms with Gasteiger partial charge in [-0.3, -0.25) is 0 Å². The highest BCUT2D eigenvalue weighted by molar-refractivity contribution is 5.96. The van der Waals surface area contributed by atoms with E-state index in [-0.39, 0.29) is 0 Å². The predicted molar refractivity (Wildman–Crippen MR) is 119 cm³/mol. The maximum atomic E-state index is 5.48. The molecule has 0 spiro atoms. The summed E-state index contributed by atoms with van der Waals surface area (Å²) in [6.45, 7) is 0. The molecule has 0 aliphatic heterocycles. The Morgan fingerprint density at radius 3 is 1.29 bits per heavy atom. The molecule has 0 heterocycles. The summed E-state index contributed by atoms with van der Waals surface area (Å²) < 4.78 is 11.0. The first-order valence-electron chi connectivity index (χ1n) is 9.28. The number of allylic oxidation sites excluding steroid dienone is 2. The van der Waals surface area contributed by atoms with Crippen LogP contribution in [-0.2, 0) is 0 Å². The van der Waals surface area contributed by atoms with E-state index in [1.165, 1.54) is 21.9 Å². The maximum absolute atomic E-state index is 5.48. The monoisotopic (exact) mass is 366 g/mol. The molecule has 0 radical (unpaired) electrons. The van der Waals surface area contributed by atoms with Gasteiger partial charge in [-0.15, -0.1) is 0 Å². The van der Waals surface area contributed by atoms with Crippen LogP contribution in [0.15, 0.2) is 84.9 Å². The highest BCUT2D eigenvalue weighted by atomic mass is 16.5. The van der Waals surface area contributed by atoms with Gasteiger partial charge >= 0.3 is 0 Å². The van der Waals surface area contributed by atoms with Crippen LogP contribution in [0.25, 0.3) is 33.7 Å². The van der Waals surface area contributed by atoms with Crippen molar-refractivity contribution in [3.63, 3.8) is 0 Å². The molecule has 0 fully saturated rings. The number of hydrogen-bond acceptors (Lipinski definition) is 2. The Kier molecular flexibility index (Phi) is 5.11. The summed E-state index contributed by atoms with van der Waals surface area (Å²) in [7, 11) is 3.42. The molecule has 138 valence electrons. The maximum Gasteiger partial charge on any atom is 0.126 e. The molecule has 0 atom stereocenters. The van der Waals surface area contributed by atoms with Crippen molar-refractivity contribution in [2.24, 2.45) is 0 Å². The van der Waals surface area contributed by atoms with Crippen LogP contribution in [-0.4, -0.2) is 14.2 Å². The highest BCUT2D eigenvalue weighted by Gasteiger charge is 2.04. The fraction of sp³-hybridized carbons (Fsp3) is 0.0769. The van der Waals surface area contributed by atoms with E-state index in [4.69, 9.17) is 9.47 Å². The molecule has 0 aromatic heterocycles. The molecule has 0 saturated carbocycles. The Morgan fingerprint density at radius 1 is 0.500 bits per heavy atom. The van der Waals surface area contributed by atoms with Gasteiger partial charge in [0, 0.05) is 10.8 Å². The molecule has 0 N–H and O–H groups in total. The number of benzene rings is 4. The van der Waals surface area contributed by atoms with Crippen LogP contribution in [0.2, 0.25) is 0 Å². The molecule has 4 aromatic rings. The lowest BCUT2D eigenvalue weighted by molar-refractivity contribution is 0.419. The van der Waals surface area contributed by atoms with Gasteiger partial charge in [-0.25, -0.2) is 0 Å². The smallest absolute Gasteiger partial charge is 0.126 e. The van der Waals surface area contributed by atoms with Crippen molar-refractivity contribution in [3.8, 4) is 11.5 Å². The number of methoxy groups -OCH3 is 2. The Hall–Kier alpha value is -3.52. The van der Waals surface area contributed by atoms with E-state index in [0.717, 1.165) is 22.3 Å². The summed E-state index contributed by atoms with van der Waals surface area (Å²) in [4.78, 5) is 0. The lowest BCUT2D eigenvalue weighted by atomic mass is 10.0. The minimum Gasteiger partial charge on any atom is -0.496 e. The zero-order chi connectivity index (χ0) is 19.3. The molecule has 0 aliphatic carbocycles. The second-order valence-electron chi connectivity index (χ2n) is 6.52. The van der Waals surface area contributed by atoms with Gasteiger partial charge in [-0.2, -0.15) is 0 Å². The lowest BCUT2D eigenvalue weighted by Crippen LogP contribution is -1.86. The molecule has 0 amide bonds. The molecule has 2 heteroatoms. The van der Waals surface area contributed by atoms with Gasteiger partial charge in [0.2, 0.25) is 0 Å². The molecule has 0 bridgehead atoms. The normalized spacial score (nSPS) is 11.6. The average molecular weight is 366 g/mol. The van der Waals surface area contributed by atoms with Crippen LogP contribution in [0.1, 0.15) is 11.1 Å². The van der Waals surface area contributed by atoms with Crippen LogP contribution < -0.4 is 9.47 Å². The van der Waals surface area contributed by atoms with Crippen molar-refractivity contribution in [2.75, 3.05) is 14.2 Å². The summed E-state index contributed by atoms with van der Waals surface area (Å²) in [6, 6.07) is 24.8. The Bertz CT molecular complexity index is 1090. The van der Waals surface area contributed by atoms with Crippen LogP contribution in [0.5, 0.6) is 11.5 Å². The quantitative estimate of drug-likeness (QED) is 0.364. The number of rotatable bonds is 5. The third-order valence-corrected chi connectivity index (χ3v) is 4.94. The lowest BCUT2D eigenvalue weighted by Gasteiger charge is -2.08. The van der Waals surface area contributed by atoms with E-state index in [9.17, 15) is 0 Å². The minimum absolute atomic E-state index is 0.896. The molecule has 28 heavy (non-hydrogen) atoms. The fourth-order valence-electron chi connectivity index (χ4n) is 3.55. The van der Waals surface area contributed by atoms with Gasteiger partial charge in [0.05, 0.1) is 14.2 Å². The van der Waals surface area contributed by atoms with Crippen LogP contribution >= 0.6 is 0 Å². The van der Waals surface area contributed by atoms with E-state index in [1.807, 2.05) is 24.3 Å². The first kappa shape index (κ1) is 17.9.